The minimum absolute atomic E-state index is 0.352. The third kappa shape index (κ3) is 1.36. The molecule has 0 bridgehead atoms. The lowest BCUT2D eigenvalue weighted by molar-refractivity contribution is 1.31. The van der Waals surface area contributed by atoms with Crippen molar-refractivity contribution in [2.75, 3.05) is 0 Å². The Labute approximate surface area is 87.8 Å². The molecule has 14 heavy (non-hydrogen) atoms. The maximum Gasteiger partial charge on any atom is 0.123 e. The molecule has 2 rings (SSSR count). The average molecular weight is 202 g/mol. The van der Waals surface area contributed by atoms with Gasteiger partial charge in [-0.2, -0.15) is 0 Å². The number of nitrogens with two attached hydrogens (primary N) is 1. The topological polar surface area (TPSA) is 38.9 Å². The summed E-state index contributed by atoms with van der Waals surface area (Å²) < 4.78 is 0. The number of nitrogens with zero attached hydrogens (tertiary/aromatic N) is 1. The smallest absolute Gasteiger partial charge is 0.123 e. The van der Waals surface area contributed by atoms with E-state index < -0.39 is 0 Å². The molecule has 3 heteroatoms. The molecule has 0 radical (unpaired) electrons. The van der Waals surface area contributed by atoms with E-state index in [2.05, 4.69) is 4.98 Å². The van der Waals surface area contributed by atoms with Gasteiger partial charge in [0.25, 0.3) is 0 Å². The van der Waals surface area contributed by atoms with Crippen LogP contribution in [0.2, 0.25) is 0 Å². The van der Waals surface area contributed by atoms with Gasteiger partial charge in [-0.1, -0.05) is 30.4 Å². The number of aromatic nitrogens is 1. The number of pyridine rings is 1. The van der Waals surface area contributed by atoms with Crippen molar-refractivity contribution in [1.29, 1.82) is 0 Å². The molecular formula is C11H10N2S. The predicted molar refractivity (Wildman–Crippen MR) is 62.4 cm³/mol. The molecule has 1 heterocycles. The molecule has 0 atom stereocenters. The molecule has 0 spiro atoms. The van der Waals surface area contributed by atoms with Crippen molar-refractivity contribution >= 4 is 28.0 Å². The van der Waals surface area contributed by atoms with Crippen LogP contribution in [-0.2, 0) is 0 Å². The Balaban J connectivity index is 2.91. The molecule has 1 aromatic carbocycles. The maximum atomic E-state index is 5.62. The molecule has 0 saturated heterocycles. The van der Waals surface area contributed by atoms with Crippen LogP contribution in [0.25, 0.3) is 10.8 Å². The van der Waals surface area contributed by atoms with E-state index in [0.29, 0.717) is 4.99 Å². The molecule has 1 aromatic heterocycles. The van der Waals surface area contributed by atoms with E-state index in [0.717, 1.165) is 22.0 Å². The van der Waals surface area contributed by atoms with Gasteiger partial charge < -0.3 is 5.73 Å². The molecule has 2 aromatic rings. The highest BCUT2D eigenvalue weighted by atomic mass is 32.1. The van der Waals surface area contributed by atoms with Crippen molar-refractivity contribution in [3.05, 3.63) is 41.7 Å². The lowest BCUT2D eigenvalue weighted by Gasteiger charge is -2.06. The molecular weight excluding hydrogens is 192 g/mol. The molecule has 0 fully saturated rings. The minimum Gasteiger partial charge on any atom is -0.388 e. The van der Waals surface area contributed by atoms with Crippen LogP contribution in [-0.4, -0.2) is 9.97 Å². The summed E-state index contributed by atoms with van der Waals surface area (Å²) in [5, 5.41) is 2.19. The summed E-state index contributed by atoms with van der Waals surface area (Å²) in [6.45, 7) is 2.03. The Hall–Kier alpha value is -1.48. The first-order valence-electron chi connectivity index (χ1n) is 4.34. The van der Waals surface area contributed by atoms with Gasteiger partial charge in [0.05, 0.1) is 0 Å². The third-order valence-corrected chi connectivity index (χ3v) is 2.43. The summed E-state index contributed by atoms with van der Waals surface area (Å²) in [6, 6.07) is 8.04. The van der Waals surface area contributed by atoms with Gasteiger partial charge in [0.1, 0.15) is 10.7 Å². The van der Waals surface area contributed by atoms with Gasteiger partial charge in [-0.15, -0.1) is 0 Å². The van der Waals surface area contributed by atoms with Crippen LogP contribution in [0.1, 0.15) is 11.3 Å². The quantitative estimate of drug-likeness (QED) is 0.720. The van der Waals surface area contributed by atoms with E-state index in [1.54, 1.807) is 6.20 Å². The van der Waals surface area contributed by atoms with E-state index in [-0.39, 0.29) is 0 Å². The first-order chi connectivity index (χ1) is 6.70. The zero-order valence-corrected chi connectivity index (χ0v) is 8.64. The molecule has 0 aliphatic heterocycles. The van der Waals surface area contributed by atoms with Crippen LogP contribution in [0.3, 0.4) is 0 Å². The number of thiocarbonyl (C=S) groups is 1. The number of benzene rings is 1. The van der Waals surface area contributed by atoms with E-state index in [1.165, 1.54) is 0 Å². The summed E-state index contributed by atoms with van der Waals surface area (Å²) in [4.78, 5) is 4.55. The van der Waals surface area contributed by atoms with Crippen molar-refractivity contribution in [3.8, 4) is 0 Å². The number of hydrogen-bond acceptors (Lipinski definition) is 2. The molecule has 0 amide bonds. The zero-order chi connectivity index (χ0) is 10.1. The van der Waals surface area contributed by atoms with Crippen LogP contribution in [0.15, 0.2) is 30.5 Å². The molecule has 0 aliphatic rings. The second-order valence-electron chi connectivity index (χ2n) is 3.20. The zero-order valence-electron chi connectivity index (χ0n) is 7.82. The highest BCUT2D eigenvalue weighted by Gasteiger charge is 2.06. The van der Waals surface area contributed by atoms with Gasteiger partial charge in [0, 0.05) is 11.6 Å². The van der Waals surface area contributed by atoms with Crippen LogP contribution < -0.4 is 5.73 Å². The van der Waals surface area contributed by atoms with Gasteiger partial charge in [-0.05, 0) is 23.9 Å². The Morgan fingerprint density at radius 2 is 2.14 bits per heavy atom. The van der Waals surface area contributed by atoms with Gasteiger partial charge >= 0.3 is 0 Å². The highest BCUT2D eigenvalue weighted by molar-refractivity contribution is 7.80. The highest BCUT2D eigenvalue weighted by Crippen LogP contribution is 2.20. The molecule has 0 aliphatic carbocycles. The number of fused-ring (bicyclic) bond motifs is 1. The largest absolute Gasteiger partial charge is 0.388 e. The van der Waals surface area contributed by atoms with Crippen molar-refractivity contribution in [1.82, 2.24) is 4.98 Å². The fraction of sp³-hybridized carbons (Fsp3) is 0.0909. The molecule has 0 unspecified atom stereocenters. The normalized spacial score (nSPS) is 10.4. The van der Waals surface area contributed by atoms with E-state index in [9.17, 15) is 0 Å². The van der Waals surface area contributed by atoms with E-state index in [4.69, 9.17) is 18.0 Å². The summed E-state index contributed by atoms with van der Waals surface area (Å²) in [5.74, 6) is 0. The van der Waals surface area contributed by atoms with Crippen LogP contribution >= 0.6 is 12.2 Å². The van der Waals surface area contributed by atoms with Crippen molar-refractivity contribution < 1.29 is 0 Å². The summed E-state index contributed by atoms with van der Waals surface area (Å²) in [7, 11) is 0. The monoisotopic (exact) mass is 202 g/mol. The van der Waals surface area contributed by atoms with Gasteiger partial charge in [-0.25, -0.2) is 0 Å². The van der Waals surface area contributed by atoms with Crippen molar-refractivity contribution in [2.24, 2.45) is 5.73 Å². The molecule has 70 valence electrons. The fourth-order valence-electron chi connectivity index (χ4n) is 1.60. The first kappa shape index (κ1) is 9.09. The second kappa shape index (κ2) is 3.35. The second-order valence-corrected chi connectivity index (χ2v) is 3.64. The van der Waals surface area contributed by atoms with Crippen LogP contribution in [0.4, 0.5) is 0 Å². The molecule has 2 N–H and O–H groups in total. The fourth-order valence-corrected chi connectivity index (χ4v) is 1.75. The molecule has 0 saturated carbocycles. The Kier molecular flexibility index (Phi) is 2.17. The molecule has 2 nitrogen and oxygen atoms in total. The Bertz CT molecular complexity index is 500. The van der Waals surface area contributed by atoms with Crippen molar-refractivity contribution in [2.45, 2.75) is 6.92 Å². The van der Waals surface area contributed by atoms with Gasteiger partial charge in [-0.3, -0.25) is 4.98 Å². The number of hydrogen-bond donors (Lipinski definition) is 1. The summed E-state index contributed by atoms with van der Waals surface area (Å²) in [6.07, 6.45) is 1.73. The van der Waals surface area contributed by atoms with Crippen LogP contribution in [0.5, 0.6) is 0 Å². The lowest BCUT2D eigenvalue weighted by Crippen LogP contribution is -2.12. The Morgan fingerprint density at radius 3 is 2.86 bits per heavy atom. The van der Waals surface area contributed by atoms with E-state index >= 15 is 0 Å². The van der Waals surface area contributed by atoms with Gasteiger partial charge in [0.2, 0.25) is 0 Å². The maximum absolute atomic E-state index is 5.62. The lowest BCUT2D eigenvalue weighted by atomic mass is 10.0. The Morgan fingerprint density at radius 1 is 1.36 bits per heavy atom. The first-order valence-corrected chi connectivity index (χ1v) is 4.75. The average Bonchev–Trinajstić information content (AvgIpc) is 2.17. The summed E-state index contributed by atoms with van der Waals surface area (Å²) in [5.41, 5.74) is 7.49. The summed E-state index contributed by atoms with van der Waals surface area (Å²) >= 11 is 4.96. The number of rotatable bonds is 1. The number of aryl methyl sites for hydroxylation is 1. The van der Waals surface area contributed by atoms with E-state index in [1.807, 2.05) is 31.2 Å². The third-order valence-electron chi connectivity index (χ3n) is 2.23. The minimum atomic E-state index is 0.352. The predicted octanol–water partition coefficient (Wildman–Crippen LogP) is 2.18. The SMILES string of the molecule is Cc1cccc2ccnc(C(N)=S)c12. The van der Waals surface area contributed by atoms with Crippen LogP contribution in [0, 0.1) is 6.92 Å². The standard InChI is InChI=1S/C11H10N2S/c1-7-3-2-4-8-5-6-13-10(9(7)8)11(12)14/h2-6H,1H3,(H2,12,14). The van der Waals surface area contributed by atoms with Crippen molar-refractivity contribution in [3.63, 3.8) is 0 Å². The van der Waals surface area contributed by atoms with Gasteiger partial charge in [0.15, 0.2) is 0 Å².